The summed E-state index contributed by atoms with van der Waals surface area (Å²) in [4.78, 5) is 16.1. The van der Waals surface area contributed by atoms with Crippen LogP contribution in [0.25, 0.3) is 0 Å². The van der Waals surface area contributed by atoms with Gasteiger partial charge in [-0.15, -0.1) is 11.3 Å². The van der Waals surface area contributed by atoms with Crippen molar-refractivity contribution < 1.29 is 18.3 Å². The topological polar surface area (TPSA) is 84.3 Å². The molecule has 1 heterocycles. The number of rotatable bonds is 4. The van der Waals surface area contributed by atoms with Gasteiger partial charge in [-0.3, -0.25) is 0 Å². The van der Waals surface area contributed by atoms with Gasteiger partial charge < -0.3 is 5.11 Å². The first kappa shape index (κ1) is 15.9. The molecule has 21 heavy (non-hydrogen) atoms. The second-order valence-corrected chi connectivity index (χ2v) is 8.14. The van der Waals surface area contributed by atoms with Crippen LogP contribution in [0, 0.1) is 13.8 Å². The molecule has 1 aromatic heterocycles. The van der Waals surface area contributed by atoms with Gasteiger partial charge in [0.2, 0.25) is 0 Å². The molecule has 112 valence electrons. The number of aromatic carboxylic acids is 1. The van der Waals surface area contributed by atoms with Crippen LogP contribution in [0.2, 0.25) is 5.02 Å². The van der Waals surface area contributed by atoms with Crippen LogP contribution in [0.3, 0.4) is 0 Å². The summed E-state index contributed by atoms with van der Waals surface area (Å²) in [7, 11) is -3.66. The first-order valence-electron chi connectivity index (χ1n) is 5.89. The number of nitrogens with zero attached hydrogens (tertiary/aromatic N) is 1. The Bertz CT molecular complexity index is 792. The molecule has 0 radical (unpaired) electrons. The maximum atomic E-state index is 12.3. The van der Waals surface area contributed by atoms with Crippen molar-refractivity contribution in [3.05, 3.63) is 44.4 Å². The second kappa shape index (κ2) is 5.75. The van der Waals surface area contributed by atoms with Gasteiger partial charge in [-0.25, -0.2) is 18.2 Å². The molecule has 0 spiro atoms. The number of benzene rings is 1. The minimum absolute atomic E-state index is 0.00221. The first-order chi connectivity index (χ1) is 9.70. The predicted molar refractivity (Wildman–Crippen MR) is 80.9 cm³/mol. The normalized spacial score (nSPS) is 11.6. The van der Waals surface area contributed by atoms with Crippen LogP contribution >= 0.6 is 22.9 Å². The van der Waals surface area contributed by atoms with Crippen molar-refractivity contribution in [3.8, 4) is 0 Å². The van der Waals surface area contributed by atoms with Gasteiger partial charge in [0, 0.05) is 4.88 Å². The lowest BCUT2D eigenvalue weighted by atomic mass is 10.2. The molecule has 5 nitrogen and oxygen atoms in total. The molecule has 1 aromatic carbocycles. The van der Waals surface area contributed by atoms with Gasteiger partial charge in [-0.2, -0.15) is 0 Å². The van der Waals surface area contributed by atoms with E-state index >= 15 is 0 Å². The Labute approximate surface area is 131 Å². The smallest absolute Gasteiger partial charge is 0.337 e. The van der Waals surface area contributed by atoms with Gasteiger partial charge in [-0.1, -0.05) is 11.6 Å². The number of carboxylic acid groups (broad SMARTS) is 1. The Hall–Kier alpha value is -1.44. The maximum absolute atomic E-state index is 12.3. The lowest BCUT2D eigenvalue weighted by Gasteiger charge is -2.05. The van der Waals surface area contributed by atoms with Gasteiger partial charge in [0.05, 0.1) is 21.2 Å². The summed E-state index contributed by atoms with van der Waals surface area (Å²) in [5, 5.41) is 9.48. The highest BCUT2D eigenvalue weighted by Gasteiger charge is 2.21. The summed E-state index contributed by atoms with van der Waals surface area (Å²) in [5.41, 5.74) is 0.566. The Morgan fingerprint density at radius 3 is 2.57 bits per heavy atom. The minimum atomic E-state index is -3.66. The summed E-state index contributed by atoms with van der Waals surface area (Å²) in [5.74, 6) is -1.52. The van der Waals surface area contributed by atoms with Crippen molar-refractivity contribution in [1.82, 2.24) is 4.98 Å². The third-order valence-corrected chi connectivity index (χ3v) is 6.12. The standard InChI is InChI=1S/C13H12ClNO4S2/c1-7-8(2)20-12(15-7)6-21(18,19)9-3-4-11(14)10(5-9)13(16)17/h3-5H,6H2,1-2H3,(H,16,17). The molecular formula is C13H12ClNO4S2. The predicted octanol–water partition coefficient (Wildman–Crippen LogP) is 3.09. The fraction of sp³-hybridized carbons (Fsp3) is 0.231. The van der Waals surface area contributed by atoms with Crippen LogP contribution in [0.15, 0.2) is 23.1 Å². The van der Waals surface area contributed by atoms with E-state index in [1.165, 1.54) is 23.5 Å². The first-order valence-corrected chi connectivity index (χ1v) is 8.74. The van der Waals surface area contributed by atoms with Crippen LogP contribution < -0.4 is 0 Å². The zero-order valence-corrected chi connectivity index (χ0v) is 13.6. The third-order valence-electron chi connectivity index (χ3n) is 2.91. The van der Waals surface area contributed by atoms with Crippen LogP contribution in [-0.2, 0) is 15.6 Å². The number of aromatic nitrogens is 1. The van der Waals surface area contributed by atoms with Gasteiger partial charge in [-0.05, 0) is 32.0 Å². The number of hydrogen-bond donors (Lipinski definition) is 1. The summed E-state index contributed by atoms with van der Waals surface area (Å²) in [6, 6.07) is 3.65. The number of hydrogen-bond acceptors (Lipinski definition) is 5. The van der Waals surface area contributed by atoms with E-state index in [1.54, 1.807) is 0 Å². The van der Waals surface area contributed by atoms with E-state index in [-0.39, 0.29) is 21.2 Å². The van der Waals surface area contributed by atoms with E-state index in [0.717, 1.165) is 16.6 Å². The molecule has 2 aromatic rings. The highest BCUT2D eigenvalue weighted by Crippen LogP contribution is 2.25. The fourth-order valence-corrected chi connectivity index (χ4v) is 4.47. The Balaban J connectivity index is 2.40. The molecule has 0 bridgehead atoms. The van der Waals surface area contributed by atoms with Gasteiger partial charge in [0.1, 0.15) is 10.8 Å². The van der Waals surface area contributed by atoms with Crippen LogP contribution in [0.4, 0.5) is 0 Å². The van der Waals surface area contributed by atoms with Gasteiger partial charge >= 0.3 is 5.97 Å². The molecule has 8 heteroatoms. The van der Waals surface area contributed by atoms with Crippen molar-refractivity contribution in [2.24, 2.45) is 0 Å². The quantitative estimate of drug-likeness (QED) is 0.920. The van der Waals surface area contributed by atoms with Crippen LogP contribution in [0.1, 0.15) is 25.9 Å². The summed E-state index contributed by atoms with van der Waals surface area (Å²) in [6.45, 7) is 3.68. The number of aryl methyl sites for hydroxylation is 2. The molecule has 0 amide bonds. The number of carbonyl (C=O) groups is 1. The second-order valence-electron chi connectivity index (χ2n) is 4.46. The SMILES string of the molecule is Cc1nc(CS(=O)(=O)c2ccc(Cl)c(C(=O)O)c2)sc1C. The Morgan fingerprint density at radius 1 is 1.38 bits per heavy atom. The van der Waals surface area contributed by atoms with E-state index in [0.29, 0.717) is 5.01 Å². The fourth-order valence-electron chi connectivity index (χ4n) is 1.71. The molecule has 2 rings (SSSR count). The maximum Gasteiger partial charge on any atom is 0.337 e. The van der Waals surface area contributed by atoms with E-state index in [9.17, 15) is 13.2 Å². The number of thiazole rings is 1. The lowest BCUT2D eigenvalue weighted by molar-refractivity contribution is 0.0697. The molecule has 0 atom stereocenters. The number of carboxylic acids is 1. The minimum Gasteiger partial charge on any atom is -0.478 e. The highest BCUT2D eigenvalue weighted by molar-refractivity contribution is 7.90. The number of halogens is 1. The molecule has 0 aliphatic carbocycles. The average Bonchev–Trinajstić information content (AvgIpc) is 2.67. The lowest BCUT2D eigenvalue weighted by Crippen LogP contribution is -2.07. The Kier molecular flexibility index (Phi) is 4.36. The van der Waals surface area contributed by atoms with Crippen molar-refractivity contribution in [3.63, 3.8) is 0 Å². The molecule has 0 saturated carbocycles. The van der Waals surface area contributed by atoms with E-state index in [1.807, 2.05) is 13.8 Å². The van der Waals surface area contributed by atoms with Crippen molar-refractivity contribution in [1.29, 1.82) is 0 Å². The van der Waals surface area contributed by atoms with Crippen molar-refractivity contribution >= 4 is 38.7 Å². The van der Waals surface area contributed by atoms with E-state index in [4.69, 9.17) is 16.7 Å². The van der Waals surface area contributed by atoms with E-state index < -0.39 is 15.8 Å². The Morgan fingerprint density at radius 2 is 2.05 bits per heavy atom. The summed E-state index contributed by atoms with van der Waals surface area (Å²) < 4.78 is 24.7. The third kappa shape index (κ3) is 3.42. The number of sulfone groups is 1. The van der Waals surface area contributed by atoms with Crippen LogP contribution in [-0.4, -0.2) is 24.5 Å². The molecule has 0 aliphatic heterocycles. The summed E-state index contributed by atoms with van der Waals surface area (Å²) >= 11 is 7.06. The molecule has 0 aliphatic rings. The van der Waals surface area contributed by atoms with Gasteiger partial charge in [0.15, 0.2) is 9.84 Å². The van der Waals surface area contributed by atoms with Crippen molar-refractivity contribution in [2.45, 2.75) is 24.5 Å². The zero-order valence-electron chi connectivity index (χ0n) is 11.3. The molecule has 0 fully saturated rings. The molecule has 0 unspecified atom stereocenters. The van der Waals surface area contributed by atoms with Crippen molar-refractivity contribution in [2.75, 3.05) is 0 Å². The van der Waals surface area contributed by atoms with Crippen LogP contribution in [0.5, 0.6) is 0 Å². The molecule has 0 saturated heterocycles. The molecular weight excluding hydrogens is 334 g/mol. The van der Waals surface area contributed by atoms with E-state index in [2.05, 4.69) is 4.98 Å². The largest absolute Gasteiger partial charge is 0.478 e. The summed E-state index contributed by atoms with van der Waals surface area (Å²) in [6.07, 6.45) is 0. The highest BCUT2D eigenvalue weighted by atomic mass is 35.5. The average molecular weight is 346 g/mol. The van der Waals surface area contributed by atoms with Gasteiger partial charge in [0.25, 0.3) is 0 Å². The molecule has 1 N–H and O–H groups in total. The zero-order chi connectivity index (χ0) is 15.8. The monoisotopic (exact) mass is 345 g/mol.